The van der Waals surface area contributed by atoms with Gasteiger partial charge in [-0.05, 0) is 88.6 Å². The first-order chi connectivity index (χ1) is 26.8. The molecule has 0 aliphatic carbocycles. The topological polar surface area (TPSA) is 22.8 Å². The average molecular weight is 688 g/mol. The molecule has 0 amide bonds. The Morgan fingerprint density at radius 1 is 0.278 bits per heavy atom. The predicted octanol–water partition coefficient (Wildman–Crippen LogP) is 13.4. The molecule has 0 aliphatic heterocycles. The van der Waals surface area contributed by atoms with Crippen LogP contribution in [0.3, 0.4) is 0 Å². The summed E-state index contributed by atoms with van der Waals surface area (Å²) in [6, 6.07) is 72.1. The Morgan fingerprint density at radius 2 is 0.741 bits per heavy atom. The van der Waals surface area contributed by atoms with Crippen LogP contribution in [0.2, 0.25) is 0 Å². The van der Waals surface area contributed by atoms with Gasteiger partial charge in [0.2, 0.25) is 0 Å². The molecule has 3 aromatic heterocycles. The summed E-state index contributed by atoms with van der Waals surface area (Å²) in [5.74, 6) is 0. The number of aromatic nitrogens is 3. The predicted molar refractivity (Wildman–Crippen MR) is 227 cm³/mol. The molecule has 252 valence electrons. The van der Waals surface area contributed by atoms with Gasteiger partial charge in [-0.2, -0.15) is 0 Å². The van der Waals surface area contributed by atoms with Crippen molar-refractivity contribution in [3.63, 3.8) is 0 Å². The highest BCUT2D eigenvalue weighted by Gasteiger charge is 2.19. The number of hydrogen-bond acceptors (Lipinski definition) is 1. The summed E-state index contributed by atoms with van der Waals surface area (Å²) in [7, 11) is 0. The minimum absolute atomic E-state index is 0.962. The van der Waals surface area contributed by atoms with Crippen molar-refractivity contribution in [2.75, 3.05) is 0 Å². The molecule has 11 aromatic rings. The summed E-state index contributed by atoms with van der Waals surface area (Å²) in [5, 5.41) is 7.44. The number of fused-ring (bicyclic) bond motifs is 7. The van der Waals surface area contributed by atoms with Crippen LogP contribution in [0.4, 0.5) is 0 Å². The van der Waals surface area contributed by atoms with Crippen molar-refractivity contribution < 1.29 is 0 Å². The lowest BCUT2D eigenvalue weighted by atomic mass is 10.00. The van der Waals surface area contributed by atoms with E-state index in [4.69, 9.17) is 4.98 Å². The van der Waals surface area contributed by atoms with E-state index >= 15 is 0 Å². The number of hydrogen-bond donors (Lipinski definition) is 0. The van der Waals surface area contributed by atoms with E-state index in [1.165, 1.54) is 54.4 Å². The number of benzene rings is 8. The zero-order valence-corrected chi connectivity index (χ0v) is 29.4. The minimum atomic E-state index is 0.962. The van der Waals surface area contributed by atoms with E-state index in [0.717, 1.165) is 45.0 Å². The largest absolute Gasteiger partial charge is 0.309 e. The molecule has 0 saturated carbocycles. The van der Waals surface area contributed by atoms with Gasteiger partial charge in [-0.25, -0.2) is 4.98 Å². The Hall–Kier alpha value is -7.23. The van der Waals surface area contributed by atoms with Crippen molar-refractivity contribution in [1.82, 2.24) is 14.1 Å². The van der Waals surface area contributed by atoms with Crippen LogP contribution in [-0.2, 0) is 0 Å². The molecule has 3 heteroatoms. The van der Waals surface area contributed by atoms with Gasteiger partial charge in [-0.1, -0.05) is 133 Å². The first-order valence-corrected chi connectivity index (χ1v) is 18.5. The van der Waals surface area contributed by atoms with Crippen LogP contribution in [0, 0.1) is 0 Å². The van der Waals surface area contributed by atoms with E-state index in [9.17, 15) is 0 Å². The Bertz CT molecular complexity index is 3120. The Morgan fingerprint density at radius 3 is 1.39 bits per heavy atom. The Labute approximate surface area is 312 Å². The van der Waals surface area contributed by atoms with Crippen molar-refractivity contribution >= 4 is 54.4 Å². The van der Waals surface area contributed by atoms with E-state index < -0.39 is 0 Å². The number of nitrogens with zero attached hydrogens (tertiary/aromatic N) is 3. The van der Waals surface area contributed by atoms with E-state index in [1.54, 1.807) is 0 Å². The molecule has 0 atom stereocenters. The molecule has 0 saturated heterocycles. The standard InChI is InChI=1S/C51H33N3/c1-4-14-35(15-5-1)46-29-39(30-47(52-46)36-16-6-2-7-17-36)34-24-26-41(27-25-34)54-49-31-38-19-11-10-18-37(38)28-43(49)45-33-50-44(32-51(45)54)42-22-12-13-23-48(42)53(50)40-20-8-3-9-21-40/h1-33H. The zero-order valence-electron chi connectivity index (χ0n) is 29.4. The van der Waals surface area contributed by atoms with Crippen molar-refractivity contribution in [2.45, 2.75) is 0 Å². The average Bonchev–Trinajstić information content (AvgIpc) is 3.74. The van der Waals surface area contributed by atoms with Gasteiger partial charge < -0.3 is 9.13 Å². The molecular weight excluding hydrogens is 655 g/mol. The fourth-order valence-corrected chi connectivity index (χ4v) is 8.31. The van der Waals surface area contributed by atoms with Crippen molar-refractivity contribution in [3.8, 4) is 45.0 Å². The lowest BCUT2D eigenvalue weighted by Gasteiger charge is -2.12. The van der Waals surface area contributed by atoms with Crippen molar-refractivity contribution in [3.05, 3.63) is 200 Å². The summed E-state index contributed by atoms with van der Waals surface area (Å²) in [6.07, 6.45) is 0. The summed E-state index contributed by atoms with van der Waals surface area (Å²) in [5.41, 5.74) is 13.5. The molecule has 0 spiro atoms. The molecule has 0 bridgehead atoms. The number of para-hydroxylation sites is 2. The van der Waals surface area contributed by atoms with E-state index in [0.29, 0.717) is 0 Å². The van der Waals surface area contributed by atoms with Gasteiger partial charge >= 0.3 is 0 Å². The Kier molecular flexibility index (Phi) is 6.86. The highest BCUT2D eigenvalue weighted by atomic mass is 15.0. The zero-order chi connectivity index (χ0) is 35.6. The second-order valence-electron chi connectivity index (χ2n) is 14.0. The van der Waals surface area contributed by atoms with Crippen LogP contribution >= 0.6 is 0 Å². The van der Waals surface area contributed by atoms with E-state index in [2.05, 4.69) is 197 Å². The molecule has 54 heavy (non-hydrogen) atoms. The fourth-order valence-electron chi connectivity index (χ4n) is 8.31. The van der Waals surface area contributed by atoms with E-state index in [1.807, 2.05) is 12.1 Å². The molecule has 0 fully saturated rings. The second kappa shape index (κ2) is 12.2. The highest BCUT2D eigenvalue weighted by Crippen LogP contribution is 2.41. The quantitative estimate of drug-likeness (QED) is 0.177. The Balaban J connectivity index is 1.14. The van der Waals surface area contributed by atoms with Gasteiger partial charge in [0.15, 0.2) is 0 Å². The van der Waals surface area contributed by atoms with Gasteiger partial charge in [0, 0.05) is 44.0 Å². The van der Waals surface area contributed by atoms with Gasteiger partial charge in [0.25, 0.3) is 0 Å². The summed E-state index contributed by atoms with van der Waals surface area (Å²) < 4.78 is 4.86. The molecule has 3 heterocycles. The van der Waals surface area contributed by atoms with Crippen molar-refractivity contribution in [2.24, 2.45) is 0 Å². The smallest absolute Gasteiger partial charge is 0.0715 e. The molecular formula is C51H33N3. The molecule has 0 N–H and O–H groups in total. The number of rotatable bonds is 5. The molecule has 3 nitrogen and oxygen atoms in total. The highest BCUT2D eigenvalue weighted by molar-refractivity contribution is 6.20. The van der Waals surface area contributed by atoms with Crippen LogP contribution in [0.15, 0.2) is 200 Å². The van der Waals surface area contributed by atoms with Crippen LogP contribution < -0.4 is 0 Å². The maximum Gasteiger partial charge on any atom is 0.0715 e. The normalized spacial score (nSPS) is 11.7. The first-order valence-electron chi connectivity index (χ1n) is 18.5. The summed E-state index contributed by atoms with van der Waals surface area (Å²) >= 11 is 0. The maximum atomic E-state index is 5.11. The third-order valence-electron chi connectivity index (χ3n) is 10.9. The molecule has 0 aliphatic rings. The molecule has 8 aromatic carbocycles. The minimum Gasteiger partial charge on any atom is -0.309 e. The summed E-state index contributed by atoms with van der Waals surface area (Å²) in [6.45, 7) is 0. The van der Waals surface area contributed by atoms with Crippen molar-refractivity contribution in [1.29, 1.82) is 0 Å². The van der Waals surface area contributed by atoms with Crippen LogP contribution in [0.5, 0.6) is 0 Å². The second-order valence-corrected chi connectivity index (χ2v) is 14.0. The third-order valence-corrected chi connectivity index (χ3v) is 10.9. The number of pyridine rings is 1. The fraction of sp³-hybridized carbons (Fsp3) is 0. The lowest BCUT2D eigenvalue weighted by molar-refractivity contribution is 1.17. The van der Waals surface area contributed by atoms with Gasteiger partial charge in [0.1, 0.15) is 0 Å². The lowest BCUT2D eigenvalue weighted by Crippen LogP contribution is -1.95. The maximum absolute atomic E-state index is 5.11. The summed E-state index contributed by atoms with van der Waals surface area (Å²) in [4.78, 5) is 5.11. The monoisotopic (exact) mass is 687 g/mol. The van der Waals surface area contributed by atoms with Gasteiger partial charge in [-0.3, -0.25) is 0 Å². The van der Waals surface area contributed by atoms with Crippen LogP contribution in [-0.4, -0.2) is 14.1 Å². The molecule has 11 rings (SSSR count). The van der Waals surface area contributed by atoms with Gasteiger partial charge in [0.05, 0.1) is 33.5 Å². The third kappa shape index (κ3) is 4.87. The van der Waals surface area contributed by atoms with E-state index in [-0.39, 0.29) is 0 Å². The SMILES string of the molecule is c1ccc(-c2cc(-c3ccc(-n4c5cc6ccccc6cc5c5cc6c(cc54)c4ccccc4n6-c4ccccc4)cc3)cc(-c3ccccc3)n2)cc1. The molecule has 0 radical (unpaired) electrons. The van der Waals surface area contributed by atoms with Crippen LogP contribution in [0.1, 0.15) is 0 Å². The van der Waals surface area contributed by atoms with Crippen LogP contribution in [0.25, 0.3) is 99.4 Å². The molecule has 0 unspecified atom stereocenters. The van der Waals surface area contributed by atoms with Gasteiger partial charge in [-0.15, -0.1) is 0 Å². The first kappa shape index (κ1) is 30.4.